The van der Waals surface area contributed by atoms with Gasteiger partial charge in [0.15, 0.2) is 0 Å². The molecular weight excluding hydrogens is 416 g/mol. The molecule has 0 aromatic heterocycles. The maximum atomic E-state index is 13.2. The van der Waals surface area contributed by atoms with E-state index in [1.807, 2.05) is 80.5 Å². The third-order valence-electron chi connectivity index (χ3n) is 5.62. The minimum Gasteiger partial charge on any atom is -0.507 e. The molecule has 1 N–H and O–H groups in total. The molecule has 0 radical (unpaired) electrons. The Labute approximate surface area is 193 Å². The molecule has 6 heteroatoms. The fourth-order valence-corrected chi connectivity index (χ4v) is 4.02. The number of amides is 1. The number of carbonyl (C=O) groups is 2. The van der Waals surface area contributed by atoms with Crippen molar-refractivity contribution in [3.05, 3.63) is 95.6 Å². The monoisotopic (exact) mass is 442 g/mol. The first-order chi connectivity index (χ1) is 15.9. The van der Waals surface area contributed by atoms with Gasteiger partial charge >= 0.3 is 0 Å². The summed E-state index contributed by atoms with van der Waals surface area (Å²) in [5.74, 6) is -1.05. The molecule has 0 saturated carbocycles. The molecule has 1 amide bonds. The second-order valence-electron chi connectivity index (χ2n) is 7.95. The van der Waals surface area contributed by atoms with Gasteiger partial charge in [-0.25, -0.2) is 0 Å². The smallest absolute Gasteiger partial charge is 0.300 e. The highest BCUT2D eigenvalue weighted by atomic mass is 16.5. The summed E-state index contributed by atoms with van der Waals surface area (Å²) in [5.41, 5.74) is 2.76. The van der Waals surface area contributed by atoms with E-state index >= 15 is 0 Å². The van der Waals surface area contributed by atoms with Crippen molar-refractivity contribution in [2.24, 2.45) is 0 Å². The average Bonchev–Trinajstić information content (AvgIpc) is 3.10. The van der Waals surface area contributed by atoms with Gasteiger partial charge in [-0.1, -0.05) is 42.5 Å². The molecule has 1 saturated heterocycles. The lowest BCUT2D eigenvalue weighted by molar-refractivity contribution is -0.132. The van der Waals surface area contributed by atoms with Crippen molar-refractivity contribution in [3.8, 4) is 5.75 Å². The molecule has 0 spiro atoms. The van der Waals surface area contributed by atoms with Crippen LogP contribution in [0.1, 0.15) is 24.1 Å². The minimum atomic E-state index is -0.757. The quantitative estimate of drug-likeness (QED) is 0.338. The number of ketones is 1. The van der Waals surface area contributed by atoms with Crippen LogP contribution in [0.2, 0.25) is 0 Å². The SMILES string of the molecule is CCOc1cccc(/C(O)=C2\C(=O)C(=O)N(c3ccc(N(C)C)cc3)C2c2ccccc2)c1. The molecule has 0 bridgehead atoms. The predicted molar refractivity (Wildman–Crippen MR) is 130 cm³/mol. The van der Waals surface area contributed by atoms with Gasteiger partial charge in [-0.3, -0.25) is 14.5 Å². The van der Waals surface area contributed by atoms with Crippen molar-refractivity contribution in [3.63, 3.8) is 0 Å². The number of anilines is 2. The van der Waals surface area contributed by atoms with Crippen LogP contribution in [-0.2, 0) is 9.59 Å². The molecule has 33 heavy (non-hydrogen) atoms. The Kier molecular flexibility index (Phi) is 6.18. The Morgan fingerprint density at radius 3 is 2.30 bits per heavy atom. The number of hydrogen-bond acceptors (Lipinski definition) is 5. The van der Waals surface area contributed by atoms with E-state index in [0.29, 0.717) is 23.6 Å². The van der Waals surface area contributed by atoms with Crippen LogP contribution < -0.4 is 14.5 Å². The van der Waals surface area contributed by atoms with Crippen molar-refractivity contribution >= 4 is 28.8 Å². The molecule has 6 nitrogen and oxygen atoms in total. The summed E-state index contributed by atoms with van der Waals surface area (Å²) < 4.78 is 5.54. The Morgan fingerprint density at radius 2 is 1.67 bits per heavy atom. The number of rotatable bonds is 6. The molecule has 1 fully saturated rings. The lowest BCUT2D eigenvalue weighted by Crippen LogP contribution is -2.29. The number of ether oxygens (including phenoxy) is 1. The van der Waals surface area contributed by atoms with Gasteiger partial charge in [0.25, 0.3) is 11.7 Å². The summed E-state index contributed by atoms with van der Waals surface area (Å²) >= 11 is 0. The highest BCUT2D eigenvalue weighted by Crippen LogP contribution is 2.42. The second-order valence-corrected chi connectivity index (χ2v) is 7.95. The first-order valence-corrected chi connectivity index (χ1v) is 10.8. The summed E-state index contributed by atoms with van der Waals surface area (Å²) in [6, 6.07) is 22.8. The highest BCUT2D eigenvalue weighted by Gasteiger charge is 2.46. The second kappa shape index (κ2) is 9.20. The first-order valence-electron chi connectivity index (χ1n) is 10.8. The van der Waals surface area contributed by atoms with Gasteiger partial charge in [0.1, 0.15) is 11.5 Å². The normalized spacial score (nSPS) is 17.3. The van der Waals surface area contributed by atoms with Crippen LogP contribution in [0.25, 0.3) is 5.76 Å². The van der Waals surface area contributed by atoms with Crippen LogP contribution in [0.3, 0.4) is 0 Å². The van der Waals surface area contributed by atoms with Gasteiger partial charge < -0.3 is 14.7 Å². The zero-order chi connectivity index (χ0) is 23.5. The topological polar surface area (TPSA) is 70.1 Å². The molecule has 0 aliphatic carbocycles. The number of carbonyl (C=O) groups excluding carboxylic acids is 2. The summed E-state index contributed by atoms with van der Waals surface area (Å²) in [6.07, 6.45) is 0. The standard InChI is InChI=1S/C27H26N2O4/c1-4-33-22-12-8-11-19(17-22)25(30)23-24(18-9-6-5-7-10-18)29(27(32)26(23)31)21-15-13-20(14-16-21)28(2)3/h5-17,24,30H,4H2,1-3H3/b25-23+. The van der Waals surface area contributed by atoms with Crippen molar-refractivity contribution in [1.29, 1.82) is 0 Å². The Morgan fingerprint density at radius 1 is 0.970 bits per heavy atom. The van der Waals surface area contributed by atoms with E-state index in [2.05, 4.69) is 0 Å². The maximum Gasteiger partial charge on any atom is 0.300 e. The van der Waals surface area contributed by atoms with E-state index in [-0.39, 0.29) is 11.3 Å². The van der Waals surface area contributed by atoms with Gasteiger partial charge in [-0.2, -0.15) is 0 Å². The summed E-state index contributed by atoms with van der Waals surface area (Å²) in [7, 11) is 3.86. The molecule has 3 aromatic carbocycles. The highest BCUT2D eigenvalue weighted by molar-refractivity contribution is 6.51. The lowest BCUT2D eigenvalue weighted by Gasteiger charge is -2.26. The molecule has 168 valence electrons. The van der Waals surface area contributed by atoms with Crippen molar-refractivity contribution in [2.45, 2.75) is 13.0 Å². The van der Waals surface area contributed by atoms with E-state index < -0.39 is 17.7 Å². The third-order valence-corrected chi connectivity index (χ3v) is 5.62. The van der Waals surface area contributed by atoms with Gasteiger partial charge in [-0.15, -0.1) is 0 Å². The average molecular weight is 443 g/mol. The molecule has 1 aliphatic heterocycles. The van der Waals surface area contributed by atoms with Gasteiger partial charge in [-0.05, 0) is 48.9 Å². The van der Waals surface area contributed by atoms with E-state index in [1.165, 1.54) is 4.90 Å². The molecular formula is C27H26N2O4. The van der Waals surface area contributed by atoms with Gasteiger partial charge in [0.05, 0.1) is 18.2 Å². The van der Waals surface area contributed by atoms with Crippen molar-refractivity contribution in [2.75, 3.05) is 30.5 Å². The maximum absolute atomic E-state index is 13.2. The number of hydrogen-bond donors (Lipinski definition) is 1. The molecule has 1 aliphatic rings. The largest absolute Gasteiger partial charge is 0.507 e. The summed E-state index contributed by atoms with van der Waals surface area (Å²) in [4.78, 5) is 29.9. The van der Waals surface area contributed by atoms with E-state index in [0.717, 1.165) is 11.3 Å². The number of aliphatic hydroxyl groups is 1. The summed E-state index contributed by atoms with van der Waals surface area (Å²) in [6.45, 7) is 2.34. The number of benzene rings is 3. The molecule has 1 unspecified atom stereocenters. The zero-order valence-electron chi connectivity index (χ0n) is 18.9. The van der Waals surface area contributed by atoms with E-state index in [1.54, 1.807) is 24.3 Å². The molecule has 3 aromatic rings. The fraction of sp³-hybridized carbons (Fsp3) is 0.185. The summed E-state index contributed by atoms with van der Waals surface area (Å²) in [5, 5.41) is 11.2. The molecule has 1 heterocycles. The van der Waals surface area contributed by atoms with Crippen LogP contribution in [0, 0.1) is 0 Å². The van der Waals surface area contributed by atoms with E-state index in [9.17, 15) is 14.7 Å². The van der Waals surface area contributed by atoms with Crippen LogP contribution in [-0.4, -0.2) is 37.5 Å². The predicted octanol–water partition coefficient (Wildman–Crippen LogP) is 4.78. The van der Waals surface area contributed by atoms with Gasteiger partial charge in [0, 0.05) is 31.0 Å². The first kappa shape index (κ1) is 22.1. The Bertz CT molecular complexity index is 1200. The van der Waals surface area contributed by atoms with Crippen molar-refractivity contribution < 1.29 is 19.4 Å². The zero-order valence-corrected chi connectivity index (χ0v) is 18.9. The fourth-order valence-electron chi connectivity index (χ4n) is 4.02. The minimum absolute atomic E-state index is 0.0523. The molecule has 4 rings (SSSR count). The van der Waals surface area contributed by atoms with Crippen molar-refractivity contribution in [1.82, 2.24) is 0 Å². The number of aliphatic hydroxyl groups excluding tert-OH is 1. The Balaban J connectivity index is 1.88. The van der Waals surface area contributed by atoms with Gasteiger partial charge in [0.2, 0.25) is 0 Å². The molecule has 1 atom stereocenters. The van der Waals surface area contributed by atoms with Crippen LogP contribution in [0.15, 0.2) is 84.4 Å². The third kappa shape index (κ3) is 4.20. The lowest BCUT2D eigenvalue weighted by atomic mass is 9.95. The van der Waals surface area contributed by atoms with E-state index in [4.69, 9.17) is 4.74 Å². The number of Topliss-reactive ketones (excluding diaryl/α,β-unsaturated/α-hetero) is 1. The number of nitrogens with zero attached hydrogens (tertiary/aromatic N) is 2. The van der Waals surface area contributed by atoms with Crippen LogP contribution in [0.5, 0.6) is 5.75 Å². The Hall–Kier alpha value is -4.06. The van der Waals surface area contributed by atoms with Crippen LogP contribution >= 0.6 is 0 Å². The van der Waals surface area contributed by atoms with Crippen LogP contribution in [0.4, 0.5) is 11.4 Å².